The number of benzene rings is 1. The second-order valence-electron chi connectivity index (χ2n) is 7.56. The van der Waals surface area contributed by atoms with Crippen molar-refractivity contribution in [3.05, 3.63) is 75.7 Å². The Kier molecular flexibility index (Phi) is 5.80. The zero-order valence-corrected chi connectivity index (χ0v) is 17.2. The van der Waals surface area contributed by atoms with Crippen LogP contribution in [-0.4, -0.2) is 21.3 Å². The van der Waals surface area contributed by atoms with Gasteiger partial charge in [0.15, 0.2) is 0 Å². The highest BCUT2D eigenvalue weighted by Crippen LogP contribution is 2.25. The molecule has 156 valence electrons. The first-order chi connectivity index (χ1) is 15.1. The molecular weight excluding hydrogens is 392 g/mol. The standard InChI is InChI=1S/C24H22N4O3/c1-16-8-7-13-28-21(16)27-23(31-19-11-3-2-4-12-19)20(24(28)30)14-17(15-25)22(29)26-18-9-5-6-10-18/h2-4,7-8,11-14,18H,5-6,9-10H2,1H3,(H,26,29)/b17-14-. The normalized spacial score (nSPS) is 14.4. The van der Waals surface area contributed by atoms with Gasteiger partial charge in [0.25, 0.3) is 11.5 Å². The lowest BCUT2D eigenvalue weighted by Crippen LogP contribution is -2.33. The molecule has 0 aliphatic heterocycles. The third kappa shape index (κ3) is 4.33. The molecule has 0 bridgehead atoms. The molecule has 1 amide bonds. The fourth-order valence-corrected chi connectivity index (χ4v) is 3.72. The summed E-state index contributed by atoms with van der Waals surface area (Å²) in [5.74, 6) is 0.0524. The van der Waals surface area contributed by atoms with E-state index in [9.17, 15) is 14.9 Å². The van der Waals surface area contributed by atoms with E-state index in [1.54, 1.807) is 36.5 Å². The maximum atomic E-state index is 13.3. The number of rotatable bonds is 5. The minimum atomic E-state index is -0.492. The van der Waals surface area contributed by atoms with Gasteiger partial charge in [-0.05, 0) is 49.6 Å². The molecule has 2 heterocycles. The molecule has 0 radical (unpaired) electrons. The van der Waals surface area contributed by atoms with Crippen LogP contribution in [0.2, 0.25) is 0 Å². The molecule has 7 nitrogen and oxygen atoms in total. The highest BCUT2D eigenvalue weighted by Gasteiger charge is 2.21. The Labute approximate surface area is 179 Å². The van der Waals surface area contributed by atoms with Gasteiger partial charge in [0.05, 0.1) is 0 Å². The van der Waals surface area contributed by atoms with Crippen LogP contribution < -0.4 is 15.6 Å². The lowest BCUT2D eigenvalue weighted by molar-refractivity contribution is -0.117. The average molecular weight is 414 g/mol. The van der Waals surface area contributed by atoms with E-state index in [2.05, 4.69) is 10.3 Å². The monoisotopic (exact) mass is 414 g/mol. The van der Waals surface area contributed by atoms with Crippen molar-refractivity contribution in [2.75, 3.05) is 0 Å². The fourth-order valence-electron chi connectivity index (χ4n) is 3.72. The molecule has 0 atom stereocenters. The second-order valence-corrected chi connectivity index (χ2v) is 7.56. The predicted molar refractivity (Wildman–Crippen MR) is 117 cm³/mol. The maximum Gasteiger partial charge on any atom is 0.269 e. The van der Waals surface area contributed by atoms with Crippen molar-refractivity contribution in [3.63, 3.8) is 0 Å². The highest BCUT2D eigenvalue weighted by molar-refractivity contribution is 6.02. The Morgan fingerprint density at radius 3 is 2.68 bits per heavy atom. The molecule has 1 fully saturated rings. The largest absolute Gasteiger partial charge is 0.438 e. The number of para-hydroxylation sites is 1. The van der Waals surface area contributed by atoms with Crippen molar-refractivity contribution in [3.8, 4) is 17.7 Å². The molecule has 1 N–H and O–H groups in total. The number of aromatic nitrogens is 2. The van der Waals surface area contributed by atoms with Gasteiger partial charge in [0.1, 0.15) is 28.6 Å². The zero-order valence-electron chi connectivity index (χ0n) is 17.2. The number of aryl methyl sites for hydroxylation is 1. The highest BCUT2D eigenvalue weighted by atomic mass is 16.5. The number of ether oxygens (including phenoxy) is 1. The van der Waals surface area contributed by atoms with E-state index in [-0.39, 0.29) is 23.1 Å². The van der Waals surface area contributed by atoms with Gasteiger partial charge < -0.3 is 10.1 Å². The summed E-state index contributed by atoms with van der Waals surface area (Å²) in [4.78, 5) is 30.5. The molecule has 4 rings (SSSR count). The molecule has 1 aliphatic rings. The van der Waals surface area contributed by atoms with Crippen molar-refractivity contribution in [1.29, 1.82) is 5.26 Å². The summed E-state index contributed by atoms with van der Waals surface area (Å²) in [5, 5.41) is 12.5. The minimum absolute atomic E-state index is 0.0464. The molecule has 0 saturated heterocycles. The number of nitrogens with one attached hydrogen (secondary N) is 1. The molecule has 2 aromatic heterocycles. The van der Waals surface area contributed by atoms with Crippen molar-refractivity contribution in [1.82, 2.24) is 14.7 Å². The topological polar surface area (TPSA) is 96.5 Å². The van der Waals surface area contributed by atoms with Crippen LogP contribution in [0.5, 0.6) is 11.6 Å². The summed E-state index contributed by atoms with van der Waals surface area (Å²) in [6, 6.07) is 14.5. The van der Waals surface area contributed by atoms with Crippen LogP contribution in [0.25, 0.3) is 11.7 Å². The van der Waals surface area contributed by atoms with E-state index < -0.39 is 11.5 Å². The number of carbonyl (C=O) groups excluding carboxylic acids is 1. The fraction of sp³-hybridized carbons (Fsp3) is 0.250. The van der Waals surface area contributed by atoms with E-state index >= 15 is 0 Å². The van der Waals surface area contributed by atoms with Crippen molar-refractivity contribution < 1.29 is 9.53 Å². The van der Waals surface area contributed by atoms with Gasteiger partial charge in [0.2, 0.25) is 5.88 Å². The van der Waals surface area contributed by atoms with Crippen molar-refractivity contribution >= 4 is 17.6 Å². The summed E-state index contributed by atoms with van der Waals surface area (Å²) in [7, 11) is 0. The van der Waals surface area contributed by atoms with Crippen LogP contribution in [0.3, 0.4) is 0 Å². The first-order valence-corrected chi connectivity index (χ1v) is 10.2. The smallest absolute Gasteiger partial charge is 0.269 e. The van der Waals surface area contributed by atoms with Gasteiger partial charge in [-0.2, -0.15) is 10.2 Å². The van der Waals surface area contributed by atoms with Crippen LogP contribution in [-0.2, 0) is 4.79 Å². The molecule has 1 aromatic carbocycles. The van der Waals surface area contributed by atoms with Gasteiger partial charge in [-0.3, -0.25) is 14.0 Å². The summed E-state index contributed by atoms with van der Waals surface area (Å²) in [6.45, 7) is 1.85. The van der Waals surface area contributed by atoms with Crippen LogP contribution in [0, 0.1) is 18.3 Å². The molecule has 3 aromatic rings. The number of carbonyl (C=O) groups is 1. The third-order valence-corrected chi connectivity index (χ3v) is 5.35. The van der Waals surface area contributed by atoms with Crippen LogP contribution >= 0.6 is 0 Å². The Morgan fingerprint density at radius 1 is 1.23 bits per heavy atom. The average Bonchev–Trinajstić information content (AvgIpc) is 3.28. The summed E-state index contributed by atoms with van der Waals surface area (Å²) in [5.41, 5.74) is 0.722. The Bertz CT molecular complexity index is 1250. The van der Waals surface area contributed by atoms with Gasteiger partial charge in [-0.15, -0.1) is 0 Å². The number of fused-ring (bicyclic) bond motifs is 1. The molecular formula is C24H22N4O3. The van der Waals surface area contributed by atoms with E-state index in [0.29, 0.717) is 11.4 Å². The van der Waals surface area contributed by atoms with Gasteiger partial charge in [-0.25, -0.2) is 0 Å². The number of amides is 1. The molecule has 1 aliphatic carbocycles. The van der Waals surface area contributed by atoms with E-state index in [1.807, 2.05) is 25.1 Å². The number of nitrogens with zero attached hydrogens (tertiary/aromatic N) is 3. The van der Waals surface area contributed by atoms with Gasteiger partial charge in [0, 0.05) is 12.2 Å². The lowest BCUT2D eigenvalue weighted by Gasteiger charge is -2.13. The SMILES string of the molecule is Cc1cccn2c(=O)c(/C=C(/C#N)C(=O)NC3CCCC3)c(Oc3ccccc3)nc12. The Balaban J connectivity index is 1.82. The molecule has 1 saturated carbocycles. The first kappa shape index (κ1) is 20.4. The number of pyridine rings is 1. The van der Waals surface area contributed by atoms with Crippen LogP contribution in [0.15, 0.2) is 59.0 Å². The van der Waals surface area contributed by atoms with E-state index in [4.69, 9.17) is 4.74 Å². The third-order valence-electron chi connectivity index (χ3n) is 5.35. The molecule has 31 heavy (non-hydrogen) atoms. The van der Waals surface area contributed by atoms with Crippen molar-refractivity contribution in [2.45, 2.75) is 38.6 Å². The Morgan fingerprint density at radius 2 is 1.97 bits per heavy atom. The first-order valence-electron chi connectivity index (χ1n) is 10.2. The lowest BCUT2D eigenvalue weighted by atomic mass is 10.1. The van der Waals surface area contributed by atoms with Crippen molar-refractivity contribution in [2.24, 2.45) is 0 Å². The van der Waals surface area contributed by atoms with Gasteiger partial charge in [-0.1, -0.05) is 37.1 Å². The van der Waals surface area contributed by atoms with Crippen LogP contribution in [0.4, 0.5) is 0 Å². The molecule has 0 spiro atoms. The molecule has 7 heteroatoms. The molecule has 0 unspecified atom stereocenters. The Hall–Kier alpha value is -3.92. The predicted octanol–water partition coefficient (Wildman–Crippen LogP) is 3.76. The second kappa shape index (κ2) is 8.84. The number of hydrogen-bond acceptors (Lipinski definition) is 5. The zero-order chi connectivity index (χ0) is 21.8. The number of hydrogen-bond donors (Lipinski definition) is 1. The van der Waals surface area contributed by atoms with E-state index in [0.717, 1.165) is 31.2 Å². The summed E-state index contributed by atoms with van der Waals surface area (Å²) < 4.78 is 7.29. The van der Waals surface area contributed by atoms with Gasteiger partial charge >= 0.3 is 0 Å². The summed E-state index contributed by atoms with van der Waals surface area (Å²) in [6.07, 6.45) is 6.78. The quantitative estimate of drug-likeness (QED) is 0.506. The summed E-state index contributed by atoms with van der Waals surface area (Å²) >= 11 is 0. The number of nitriles is 1. The van der Waals surface area contributed by atoms with Crippen LogP contribution in [0.1, 0.15) is 36.8 Å². The maximum absolute atomic E-state index is 13.3. The van der Waals surface area contributed by atoms with E-state index in [1.165, 1.54) is 10.5 Å². The minimum Gasteiger partial charge on any atom is -0.438 e.